The second-order valence-corrected chi connectivity index (χ2v) is 7.35. The Bertz CT molecular complexity index is 1010. The first-order valence-electron chi connectivity index (χ1n) is 9.77. The number of pyridine rings is 1. The van der Waals surface area contributed by atoms with Crippen molar-refractivity contribution in [1.82, 2.24) is 19.7 Å². The van der Waals surface area contributed by atoms with E-state index in [1.165, 1.54) is 6.33 Å². The molecule has 1 aromatic carbocycles. The Balaban J connectivity index is 1.40. The van der Waals surface area contributed by atoms with Crippen LogP contribution in [-0.4, -0.2) is 38.9 Å². The van der Waals surface area contributed by atoms with E-state index in [-0.39, 0.29) is 5.91 Å². The molecule has 0 unspecified atom stereocenters. The fourth-order valence-electron chi connectivity index (χ4n) is 4.14. The summed E-state index contributed by atoms with van der Waals surface area (Å²) in [6, 6.07) is 9.49. The first-order chi connectivity index (χ1) is 14.2. The smallest absolute Gasteiger partial charge is 0.235 e. The minimum atomic E-state index is -0.569. The molecule has 148 valence electrons. The van der Waals surface area contributed by atoms with Gasteiger partial charge in [-0.25, -0.2) is 14.6 Å². The highest BCUT2D eigenvalue weighted by Gasteiger charge is 2.43. The number of nitrogens with zero attached hydrogens (tertiary/aromatic N) is 4. The normalized spacial score (nSPS) is 17.1. The van der Waals surface area contributed by atoms with Gasteiger partial charge in [0, 0.05) is 0 Å². The van der Waals surface area contributed by atoms with Crippen LogP contribution in [0.5, 0.6) is 11.5 Å². The van der Waals surface area contributed by atoms with Gasteiger partial charge >= 0.3 is 0 Å². The number of carbonyl (C=O) groups excluding carboxylic acids is 1. The lowest BCUT2D eigenvalue weighted by molar-refractivity contribution is -0.121. The van der Waals surface area contributed by atoms with Crippen LogP contribution in [0.1, 0.15) is 31.2 Å². The summed E-state index contributed by atoms with van der Waals surface area (Å²) in [4.78, 5) is 21.7. The van der Waals surface area contributed by atoms with Crippen molar-refractivity contribution in [2.45, 2.75) is 31.1 Å². The average molecular weight is 391 g/mol. The molecule has 1 amide bonds. The first-order valence-corrected chi connectivity index (χ1v) is 9.77. The van der Waals surface area contributed by atoms with Crippen LogP contribution in [0.3, 0.4) is 0 Å². The average Bonchev–Trinajstić information content (AvgIpc) is 3.47. The maximum Gasteiger partial charge on any atom is 0.235 e. The summed E-state index contributed by atoms with van der Waals surface area (Å²) in [5.41, 5.74) is 1.06. The maximum atomic E-state index is 13.4. The van der Waals surface area contributed by atoms with E-state index >= 15 is 0 Å². The van der Waals surface area contributed by atoms with E-state index in [9.17, 15) is 4.79 Å². The van der Waals surface area contributed by atoms with Crippen molar-refractivity contribution in [3.63, 3.8) is 0 Å². The maximum absolute atomic E-state index is 13.4. The molecule has 2 aromatic heterocycles. The lowest BCUT2D eigenvalue weighted by Gasteiger charge is -2.30. The molecular weight excluding hydrogens is 370 g/mol. The van der Waals surface area contributed by atoms with Crippen molar-refractivity contribution in [1.29, 1.82) is 0 Å². The van der Waals surface area contributed by atoms with E-state index in [0.717, 1.165) is 37.0 Å². The summed E-state index contributed by atoms with van der Waals surface area (Å²) in [6.07, 6.45) is 8.33. The molecule has 1 N–H and O–H groups in total. The number of amides is 1. The van der Waals surface area contributed by atoms with Gasteiger partial charge in [0.15, 0.2) is 17.3 Å². The van der Waals surface area contributed by atoms with Gasteiger partial charge in [-0.05, 0) is 42.7 Å². The lowest BCUT2D eigenvalue weighted by Crippen LogP contribution is -2.38. The van der Waals surface area contributed by atoms with Gasteiger partial charge in [0.25, 0.3) is 0 Å². The molecule has 0 saturated heterocycles. The van der Waals surface area contributed by atoms with Gasteiger partial charge in [-0.2, -0.15) is 5.10 Å². The molecule has 5 rings (SSSR count). The number of carbonyl (C=O) groups is 1. The lowest BCUT2D eigenvalue weighted by atomic mass is 9.77. The third kappa shape index (κ3) is 3.20. The van der Waals surface area contributed by atoms with Gasteiger partial charge in [0.2, 0.25) is 5.91 Å². The second kappa shape index (κ2) is 7.20. The molecule has 1 fully saturated rings. The van der Waals surface area contributed by atoms with E-state index in [4.69, 9.17) is 9.47 Å². The molecule has 8 heteroatoms. The Hall–Kier alpha value is -3.42. The van der Waals surface area contributed by atoms with Crippen LogP contribution < -0.4 is 14.8 Å². The SMILES string of the molecule is O=C(Nc1ccc(-n2cncn2)nc1)C1(c2ccc3c(c2)OCCO3)CCCC1. The molecule has 1 saturated carbocycles. The molecule has 3 heterocycles. The van der Waals surface area contributed by atoms with Gasteiger partial charge < -0.3 is 14.8 Å². The third-order valence-corrected chi connectivity index (χ3v) is 5.65. The van der Waals surface area contributed by atoms with Crippen LogP contribution in [-0.2, 0) is 10.2 Å². The van der Waals surface area contributed by atoms with E-state index in [1.807, 2.05) is 24.3 Å². The summed E-state index contributed by atoms with van der Waals surface area (Å²) in [5, 5.41) is 7.12. The van der Waals surface area contributed by atoms with Gasteiger partial charge in [0.1, 0.15) is 25.9 Å². The van der Waals surface area contributed by atoms with Crippen molar-refractivity contribution >= 4 is 11.6 Å². The molecule has 0 spiro atoms. The van der Waals surface area contributed by atoms with Gasteiger partial charge in [-0.1, -0.05) is 18.9 Å². The van der Waals surface area contributed by atoms with Gasteiger partial charge in [-0.15, -0.1) is 0 Å². The van der Waals surface area contributed by atoms with Crippen molar-refractivity contribution in [3.05, 3.63) is 54.7 Å². The monoisotopic (exact) mass is 391 g/mol. The van der Waals surface area contributed by atoms with Crippen molar-refractivity contribution in [3.8, 4) is 17.3 Å². The second-order valence-electron chi connectivity index (χ2n) is 7.35. The first kappa shape index (κ1) is 17.7. The predicted octanol–water partition coefficient (Wildman–Crippen LogP) is 2.88. The molecule has 0 bridgehead atoms. The number of hydrogen-bond donors (Lipinski definition) is 1. The largest absolute Gasteiger partial charge is 0.486 e. The Labute approximate surface area is 167 Å². The van der Waals surface area contributed by atoms with Crippen LogP contribution in [0.15, 0.2) is 49.2 Å². The zero-order valence-corrected chi connectivity index (χ0v) is 15.9. The van der Waals surface area contributed by atoms with Crippen LogP contribution in [0.2, 0.25) is 0 Å². The molecule has 8 nitrogen and oxygen atoms in total. The van der Waals surface area contributed by atoms with E-state index in [1.54, 1.807) is 23.3 Å². The molecule has 1 aliphatic carbocycles. The molecule has 1 aliphatic heterocycles. The zero-order valence-electron chi connectivity index (χ0n) is 15.9. The fourth-order valence-corrected chi connectivity index (χ4v) is 4.14. The number of benzene rings is 1. The van der Waals surface area contributed by atoms with Crippen LogP contribution in [0.25, 0.3) is 5.82 Å². The third-order valence-electron chi connectivity index (χ3n) is 5.65. The number of fused-ring (bicyclic) bond motifs is 1. The van der Waals surface area contributed by atoms with Gasteiger partial charge in [0.05, 0.1) is 17.3 Å². The van der Waals surface area contributed by atoms with Gasteiger partial charge in [-0.3, -0.25) is 4.79 Å². The number of rotatable bonds is 4. The van der Waals surface area contributed by atoms with Crippen molar-refractivity contribution < 1.29 is 14.3 Å². The molecule has 3 aromatic rings. The molecule has 0 atom stereocenters. The minimum absolute atomic E-state index is 0.0121. The Morgan fingerprint density at radius 3 is 2.62 bits per heavy atom. The molecule has 2 aliphatic rings. The van der Waals surface area contributed by atoms with Crippen LogP contribution in [0, 0.1) is 0 Å². The highest BCUT2D eigenvalue weighted by molar-refractivity contribution is 5.99. The van der Waals surface area contributed by atoms with E-state index in [0.29, 0.717) is 30.5 Å². The highest BCUT2D eigenvalue weighted by atomic mass is 16.6. The van der Waals surface area contributed by atoms with Crippen molar-refractivity contribution in [2.75, 3.05) is 18.5 Å². The fraction of sp³-hybridized carbons (Fsp3) is 0.333. The topological polar surface area (TPSA) is 91.2 Å². The van der Waals surface area contributed by atoms with Crippen molar-refractivity contribution in [2.24, 2.45) is 0 Å². The Morgan fingerprint density at radius 1 is 1.07 bits per heavy atom. The number of nitrogens with one attached hydrogen (secondary N) is 1. The highest BCUT2D eigenvalue weighted by Crippen LogP contribution is 2.45. The Kier molecular flexibility index (Phi) is 4.38. The van der Waals surface area contributed by atoms with Crippen LogP contribution >= 0.6 is 0 Å². The zero-order chi connectivity index (χ0) is 19.7. The standard InChI is InChI=1S/C21H21N5O3/c27-20(25-16-4-6-19(23-12-16)26-14-22-13-24-26)21(7-1-2-8-21)15-3-5-17-18(11-15)29-10-9-28-17/h3-6,11-14H,1-2,7-10H2,(H,25,27). The predicted molar refractivity (Wildman–Crippen MR) is 105 cm³/mol. The molecule has 0 radical (unpaired) electrons. The Morgan fingerprint density at radius 2 is 1.90 bits per heavy atom. The summed E-state index contributed by atoms with van der Waals surface area (Å²) < 4.78 is 12.9. The molecular formula is C21H21N5O3. The minimum Gasteiger partial charge on any atom is -0.486 e. The number of ether oxygens (including phenoxy) is 2. The number of aromatic nitrogens is 4. The number of anilines is 1. The van der Waals surface area contributed by atoms with Crippen LogP contribution in [0.4, 0.5) is 5.69 Å². The summed E-state index contributed by atoms with van der Waals surface area (Å²) >= 11 is 0. The summed E-state index contributed by atoms with van der Waals surface area (Å²) in [5.74, 6) is 2.08. The number of hydrogen-bond acceptors (Lipinski definition) is 6. The van der Waals surface area contributed by atoms with E-state index in [2.05, 4.69) is 20.4 Å². The van der Waals surface area contributed by atoms with E-state index < -0.39 is 5.41 Å². The quantitative estimate of drug-likeness (QED) is 0.735. The summed E-state index contributed by atoms with van der Waals surface area (Å²) in [7, 11) is 0. The summed E-state index contributed by atoms with van der Waals surface area (Å²) in [6.45, 7) is 1.08. The molecule has 29 heavy (non-hydrogen) atoms.